The average molecular weight is 260 g/mol. The van der Waals surface area contributed by atoms with Crippen molar-refractivity contribution in [1.29, 1.82) is 0 Å². The molecule has 0 bridgehead atoms. The highest BCUT2D eigenvalue weighted by Gasteiger charge is 2.12. The van der Waals surface area contributed by atoms with Crippen LogP contribution in [0.2, 0.25) is 0 Å². The number of hydrogen-bond donors (Lipinski definition) is 1. The molecule has 0 aliphatic heterocycles. The summed E-state index contributed by atoms with van der Waals surface area (Å²) in [7, 11) is 1.47. The summed E-state index contributed by atoms with van der Waals surface area (Å²) >= 11 is 0. The summed E-state index contributed by atoms with van der Waals surface area (Å²) in [5.41, 5.74) is -0.513. The standard InChI is InChI=1S/C15H16O4/c1-3-4-5-6-10-9-11-12(16)7-8-13(18-2)14(11)15(17)19-10/h5-9,16H,3-4H2,1-2H3. The van der Waals surface area contributed by atoms with Gasteiger partial charge in [0.1, 0.15) is 22.6 Å². The van der Waals surface area contributed by atoms with Gasteiger partial charge in [-0.15, -0.1) is 0 Å². The molecule has 4 nitrogen and oxygen atoms in total. The van der Waals surface area contributed by atoms with Crippen molar-refractivity contribution >= 4 is 16.8 Å². The summed E-state index contributed by atoms with van der Waals surface area (Å²) in [4.78, 5) is 12.0. The zero-order chi connectivity index (χ0) is 13.8. The summed E-state index contributed by atoms with van der Waals surface area (Å²) in [6.45, 7) is 2.07. The lowest BCUT2D eigenvalue weighted by Crippen LogP contribution is -2.02. The first-order chi connectivity index (χ1) is 9.17. The molecule has 4 heteroatoms. The third-order valence-corrected chi connectivity index (χ3v) is 2.84. The minimum atomic E-state index is -0.513. The van der Waals surface area contributed by atoms with Crippen LogP contribution in [0.15, 0.2) is 33.5 Å². The molecule has 0 fully saturated rings. The second-order valence-corrected chi connectivity index (χ2v) is 4.20. The molecule has 0 unspecified atom stereocenters. The first-order valence-corrected chi connectivity index (χ1v) is 6.17. The van der Waals surface area contributed by atoms with Crippen LogP contribution in [0.25, 0.3) is 16.8 Å². The van der Waals surface area contributed by atoms with Crippen molar-refractivity contribution in [3.63, 3.8) is 0 Å². The number of phenolic OH excluding ortho intramolecular Hbond substituents is 1. The van der Waals surface area contributed by atoms with Crippen LogP contribution in [0.1, 0.15) is 25.5 Å². The Morgan fingerprint density at radius 1 is 1.42 bits per heavy atom. The van der Waals surface area contributed by atoms with Gasteiger partial charge in [-0.3, -0.25) is 0 Å². The summed E-state index contributed by atoms with van der Waals surface area (Å²) in [6, 6.07) is 4.68. The average Bonchev–Trinajstić information content (AvgIpc) is 2.40. The fourth-order valence-corrected chi connectivity index (χ4v) is 1.89. The van der Waals surface area contributed by atoms with E-state index in [1.807, 2.05) is 6.08 Å². The van der Waals surface area contributed by atoms with E-state index in [2.05, 4.69) is 6.92 Å². The predicted molar refractivity (Wildman–Crippen MR) is 74.6 cm³/mol. The van der Waals surface area contributed by atoms with Gasteiger partial charge in [-0.05, 0) is 30.7 Å². The molecule has 0 spiro atoms. The number of hydrogen-bond acceptors (Lipinski definition) is 4. The number of ether oxygens (including phenoxy) is 1. The first-order valence-electron chi connectivity index (χ1n) is 6.17. The lowest BCUT2D eigenvalue weighted by molar-refractivity contribution is 0.414. The molecule has 1 N–H and O–H groups in total. The van der Waals surface area contributed by atoms with Crippen molar-refractivity contribution in [3.05, 3.63) is 40.5 Å². The van der Waals surface area contributed by atoms with Crippen LogP contribution in [-0.2, 0) is 0 Å². The molecule has 0 atom stereocenters. The quantitative estimate of drug-likeness (QED) is 0.916. The fourth-order valence-electron chi connectivity index (χ4n) is 1.89. The SMILES string of the molecule is CCCC=Cc1cc2c(O)ccc(OC)c2c(=O)o1. The van der Waals surface area contributed by atoms with Crippen molar-refractivity contribution in [3.8, 4) is 11.5 Å². The van der Waals surface area contributed by atoms with Crippen LogP contribution >= 0.6 is 0 Å². The van der Waals surface area contributed by atoms with Crippen molar-refractivity contribution < 1.29 is 14.3 Å². The number of methoxy groups -OCH3 is 1. The number of rotatable bonds is 4. The molecule has 1 heterocycles. The van der Waals surface area contributed by atoms with E-state index in [4.69, 9.17) is 9.15 Å². The third-order valence-electron chi connectivity index (χ3n) is 2.84. The van der Waals surface area contributed by atoms with Gasteiger partial charge < -0.3 is 14.3 Å². The van der Waals surface area contributed by atoms with E-state index in [1.165, 1.54) is 13.2 Å². The molecule has 0 amide bonds. The second kappa shape index (κ2) is 5.61. The Hall–Kier alpha value is -2.23. The van der Waals surface area contributed by atoms with Crippen LogP contribution in [0.4, 0.5) is 0 Å². The summed E-state index contributed by atoms with van der Waals surface area (Å²) in [5, 5.41) is 10.5. The molecular weight excluding hydrogens is 244 g/mol. The van der Waals surface area contributed by atoms with Crippen LogP contribution < -0.4 is 10.4 Å². The second-order valence-electron chi connectivity index (χ2n) is 4.20. The fraction of sp³-hybridized carbons (Fsp3) is 0.267. The van der Waals surface area contributed by atoms with E-state index in [0.29, 0.717) is 16.9 Å². The summed E-state index contributed by atoms with van der Waals surface area (Å²) in [5.74, 6) is 0.856. The molecule has 0 saturated carbocycles. The highest BCUT2D eigenvalue weighted by molar-refractivity contribution is 5.92. The van der Waals surface area contributed by atoms with E-state index in [0.717, 1.165) is 12.8 Å². The van der Waals surface area contributed by atoms with Gasteiger partial charge >= 0.3 is 5.63 Å². The molecule has 2 rings (SSSR count). The van der Waals surface area contributed by atoms with E-state index in [1.54, 1.807) is 18.2 Å². The Morgan fingerprint density at radius 3 is 2.89 bits per heavy atom. The molecule has 1 aromatic heterocycles. The molecule has 1 aromatic carbocycles. The maximum atomic E-state index is 12.0. The van der Waals surface area contributed by atoms with E-state index in [9.17, 15) is 9.90 Å². The number of unbranched alkanes of at least 4 members (excludes halogenated alkanes) is 1. The van der Waals surface area contributed by atoms with Gasteiger partial charge in [-0.25, -0.2) is 4.79 Å². The van der Waals surface area contributed by atoms with E-state index < -0.39 is 5.63 Å². The highest BCUT2D eigenvalue weighted by atomic mass is 16.5. The van der Waals surface area contributed by atoms with Crippen LogP contribution in [-0.4, -0.2) is 12.2 Å². The summed E-state index contributed by atoms with van der Waals surface area (Å²) in [6.07, 6.45) is 5.60. The van der Waals surface area contributed by atoms with Crippen LogP contribution in [0.5, 0.6) is 11.5 Å². The van der Waals surface area contributed by atoms with Crippen molar-refractivity contribution in [2.75, 3.05) is 7.11 Å². The first kappa shape index (κ1) is 13.2. The Labute approximate surface area is 110 Å². The molecule has 0 radical (unpaired) electrons. The zero-order valence-corrected chi connectivity index (χ0v) is 11.0. The molecule has 100 valence electrons. The Bertz CT molecular complexity index is 668. The van der Waals surface area contributed by atoms with Gasteiger partial charge in [-0.2, -0.15) is 0 Å². The van der Waals surface area contributed by atoms with Crippen LogP contribution in [0, 0.1) is 0 Å². The van der Waals surface area contributed by atoms with Gasteiger partial charge in [0, 0.05) is 5.39 Å². The Morgan fingerprint density at radius 2 is 2.21 bits per heavy atom. The zero-order valence-electron chi connectivity index (χ0n) is 11.0. The largest absolute Gasteiger partial charge is 0.507 e. The monoisotopic (exact) mass is 260 g/mol. The molecule has 0 aliphatic rings. The molecule has 2 aromatic rings. The van der Waals surface area contributed by atoms with Gasteiger partial charge in [0.15, 0.2) is 0 Å². The Kier molecular flexibility index (Phi) is 3.90. The predicted octanol–water partition coefficient (Wildman–Crippen LogP) is 3.32. The van der Waals surface area contributed by atoms with Crippen LogP contribution in [0.3, 0.4) is 0 Å². The smallest absolute Gasteiger partial charge is 0.348 e. The van der Waals surface area contributed by atoms with E-state index >= 15 is 0 Å². The number of aromatic hydroxyl groups is 1. The topological polar surface area (TPSA) is 59.7 Å². The van der Waals surface area contributed by atoms with Crippen molar-refractivity contribution in [2.24, 2.45) is 0 Å². The Balaban J connectivity index is 2.63. The minimum absolute atomic E-state index is 0.0360. The van der Waals surface area contributed by atoms with Gasteiger partial charge in [0.05, 0.1) is 7.11 Å². The lowest BCUT2D eigenvalue weighted by Gasteiger charge is -2.06. The molecule has 0 saturated heterocycles. The van der Waals surface area contributed by atoms with Gasteiger partial charge in [-0.1, -0.05) is 19.4 Å². The minimum Gasteiger partial charge on any atom is -0.507 e. The van der Waals surface area contributed by atoms with Crippen molar-refractivity contribution in [2.45, 2.75) is 19.8 Å². The maximum Gasteiger partial charge on any atom is 0.348 e. The molecular formula is C15H16O4. The summed E-state index contributed by atoms with van der Waals surface area (Å²) < 4.78 is 10.3. The number of benzene rings is 1. The van der Waals surface area contributed by atoms with Gasteiger partial charge in [0.25, 0.3) is 0 Å². The maximum absolute atomic E-state index is 12.0. The number of allylic oxidation sites excluding steroid dienone is 1. The molecule has 19 heavy (non-hydrogen) atoms. The van der Waals surface area contributed by atoms with Gasteiger partial charge in [0.2, 0.25) is 0 Å². The molecule has 0 aliphatic carbocycles. The highest BCUT2D eigenvalue weighted by Crippen LogP contribution is 2.30. The van der Waals surface area contributed by atoms with E-state index in [-0.39, 0.29) is 11.1 Å². The number of phenols is 1. The normalized spacial score (nSPS) is 11.3. The number of fused-ring (bicyclic) bond motifs is 1. The lowest BCUT2D eigenvalue weighted by atomic mass is 10.1. The van der Waals surface area contributed by atoms with Crippen molar-refractivity contribution in [1.82, 2.24) is 0 Å². The third kappa shape index (κ3) is 2.62.